The molecule has 2 aromatic carbocycles. The van der Waals surface area contributed by atoms with Gasteiger partial charge in [0.2, 0.25) is 0 Å². The van der Waals surface area contributed by atoms with Crippen LogP contribution in [0.2, 0.25) is 0 Å². The first-order chi connectivity index (χ1) is 16.8. The number of rotatable bonds is 7. The van der Waals surface area contributed by atoms with Gasteiger partial charge in [-0.1, -0.05) is 0 Å². The van der Waals surface area contributed by atoms with Gasteiger partial charge >= 0.3 is 0 Å². The number of halogens is 3. The summed E-state index contributed by atoms with van der Waals surface area (Å²) in [6.07, 6.45) is 1.47. The minimum absolute atomic E-state index is 0.000537. The minimum atomic E-state index is -0.882. The van der Waals surface area contributed by atoms with Crippen LogP contribution in [0.15, 0.2) is 30.3 Å². The molecule has 35 heavy (non-hydrogen) atoms. The SMILES string of the molecule is N#Cc1c(-c2cc(F)c(CCOc3ccc(F)cc3C(N)=O)cc2F)nn(C2CCCOC2)c1N. The molecular weight excluding hydrogens is 463 g/mol. The van der Waals surface area contributed by atoms with Gasteiger partial charge in [0, 0.05) is 18.6 Å². The number of hydrogen-bond acceptors (Lipinski definition) is 6. The molecule has 1 aliphatic rings. The van der Waals surface area contributed by atoms with Crippen LogP contribution in [0.1, 0.15) is 40.4 Å². The van der Waals surface area contributed by atoms with Gasteiger partial charge in [0.05, 0.1) is 24.8 Å². The monoisotopic (exact) mass is 485 g/mol. The van der Waals surface area contributed by atoms with Crippen LogP contribution in [0.5, 0.6) is 5.75 Å². The molecule has 1 aliphatic heterocycles. The summed E-state index contributed by atoms with van der Waals surface area (Å²) in [5.74, 6) is -2.97. The van der Waals surface area contributed by atoms with E-state index in [0.717, 1.165) is 37.1 Å². The molecule has 2 heterocycles. The molecule has 0 spiro atoms. The predicted molar refractivity (Wildman–Crippen MR) is 120 cm³/mol. The standard InChI is InChI=1S/C24H22F3N5O3/c25-14-3-4-21(17(9-14)24(30)33)35-7-5-13-8-20(27)16(10-19(13)26)22-18(11-28)23(29)32(31-22)15-2-1-6-34-12-15/h3-4,8-10,15H,1-2,5-7,12,29H2,(H2,30,33). The van der Waals surface area contributed by atoms with E-state index in [4.69, 9.17) is 20.9 Å². The van der Waals surface area contributed by atoms with Gasteiger partial charge in [-0.2, -0.15) is 10.4 Å². The molecule has 1 aromatic heterocycles. The third-order valence-corrected chi connectivity index (χ3v) is 5.77. The summed E-state index contributed by atoms with van der Waals surface area (Å²) >= 11 is 0. The lowest BCUT2D eigenvalue weighted by Crippen LogP contribution is -2.23. The summed E-state index contributed by atoms with van der Waals surface area (Å²) in [4.78, 5) is 11.5. The number of nitrogen functional groups attached to an aromatic ring is 1. The molecule has 1 fully saturated rings. The highest BCUT2D eigenvalue weighted by atomic mass is 19.1. The van der Waals surface area contributed by atoms with E-state index >= 15 is 4.39 Å². The second-order valence-corrected chi connectivity index (χ2v) is 8.06. The molecule has 1 amide bonds. The van der Waals surface area contributed by atoms with E-state index in [1.54, 1.807) is 0 Å². The van der Waals surface area contributed by atoms with Gasteiger partial charge in [-0.25, -0.2) is 17.9 Å². The van der Waals surface area contributed by atoms with Crippen molar-refractivity contribution in [3.05, 3.63) is 64.5 Å². The summed E-state index contributed by atoms with van der Waals surface area (Å²) in [5.41, 5.74) is 10.9. The van der Waals surface area contributed by atoms with Crippen molar-refractivity contribution in [2.24, 2.45) is 5.73 Å². The topological polar surface area (TPSA) is 129 Å². The zero-order chi connectivity index (χ0) is 25.1. The van der Waals surface area contributed by atoms with E-state index < -0.39 is 23.4 Å². The number of ether oxygens (including phenoxy) is 2. The second kappa shape index (κ2) is 10.1. The largest absolute Gasteiger partial charge is 0.492 e. The number of nitriles is 1. The fourth-order valence-corrected chi connectivity index (χ4v) is 3.99. The summed E-state index contributed by atoms with van der Waals surface area (Å²) < 4.78 is 55.6. The van der Waals surface area contributed by atoms with Crippen molar-refractivity contribution >= 4 is 11.7 Å². The maximum atomic E-state index is 15.0. The average Bonchev–Trinajstić information content (AvgIpc) is 3.18. The number of anilines is 1. The van der Waals surface area contributed by atoms with Gasteiger partial charge < -0.3 is 20.9 Å². The number of nitrogens with zero attached hydrogens (tertiary/aromatic N) is 3. The van der Waals surface area contributed by atoms with Crippen LogP contribution in [0.4, 0.5) is 19.0 Å². The molecule has 0 bridgehead atoms. The third-order valence-electron chi connectivity index (χ3n) is 5.77. The Morgan fingerprint density at radius 3 is 2.74 bits per heavy atom. The van der Waals surface area contributed by atoms with E-state index in [2.05, 4.69) is 5.10 Å². The number of benzene rings is 2. The number of amides is 1. The van der Waals surface area contributed by atoms with Crippen LogP contribution in [0.25, 0.3) is 11.3 Å². The van der Waals surface area contributed by atoms with Gasteiger partial charge in [-0.05, 0) is 48.7 Å². The van der Waals surface area contributed by atoms with Gasteiger partial charge in [0.25, 0.3) is 5.91 Å². The lowest BCUT2D eigenvalue weighted by molar-refractivity contribution is 0.0558. The maximum absolute atomic E-state index is 15.0. The number of aromatic nitrogens is 2. The Bertz CT molecular complexity index is 1310. The molecule has 0 aliphatic carbocycles. The highest BCUT2D eigenvalue weighted by Gasteiger charge is 2.26. The fraction of sp³-hybridized carbons (Fsp3) is 0.292. The van der Waals surface area contributed by atoms with E-state index in [-0.39, 0.29) is 58.6 Å². The molecule has 11 heteroatoms. The van der Waals surface area contributed by atoms with Gasteiger partial charge in [-0.3, -0.25) is 4.79 Å². The zero-order valence-electron chi connectivity index (χ0n) is 18.6. The number of primary amides is 1. The molecule has 0 saturated carbocycles. The Balaban J connectivity index is 1.56. The predicted octanol–water partition coefficient (Wildman–Crippen LogP) is 3.49. The Morgan fingerprint density at radius 2 is 2.06 bits per heavy atom. The van der Waals surface area contributed by atoms with E-state index in [1.807, 2.05) is 6.07 Å². The Morgan fingerprint density at radius 1 is 1.26 bits per heavy atom. The number of carbonyl (C=O) groups is 1. The summed E-state index contributed by atoms with van der Waals surface area (Å²) in [6.45, 7) is 0.845. The number of carbonyl (C=O) groups excluding carboxylic acids is 1. The number of nitrogens with two attached hydrogens (primary N) is 2. The van der Waals surface area contributed by atoms with E-state index in [1.165, 1.54) is 10.7 Å². The zero-order valence-corrected chi connectivity index (χ0v) is 18.6. The summed E-state index contributed by atoms with van der Waals surface area (Å²) in [6, 6.07) is 6.94. The molecule has 0 radical (unpaired) electrons. The quantitative estimate of drug-likeness (QED) is 0.527. The van der Waals surface area contributed by atoms with Crippen LogP contribution < -0.4 is 16.2 Å². The Labute approximate surface area is 198 Å². The van der Waals surface area contributed by atoms with Crippen molar-refractivity contribution in [1.29, 1.82) is 5.26 Å². The number of hydrogen-bond donors (Lipinski definition) is 2. The molecule has 4 N–H and O–H groups in total. The van der Waals surface area contributed by atoms with Crippen molar-refractivity contribution in [2.45, 2.75) is 25.3 Å². The summed E-state index contributed by atoms with van der Waals surface area (Å²) in [5, 5.41) is 13.9. The average molecular weight is 485 g/mol. The maximum Gasteiger partial charge on any atom is 0.252 e. The molecule has 3 aromatic rings. The second-order valence-electron chi connectivity index (χ2n) is 8.06. The third kappa shape index (κ3) is 4.93. The molecule has 1 saturated heterocycles. The van der Waals surface area contributed by atoms with Crippen LogP contribution in [0, 0.1) is 28.8 Å². The Hall–Kier alpha value is -4.04. The fourth-order valence-electron chi connectivity index (χ4n) is 3.99. The Kier molecular flexibility index (Phi) is 6.93. The summed E-state index contributed by atoms with van der Waals surface area (Å²) in [7, 11) is 0. The molecular formula is C24H22F3N5O3. The molecule has 1 atom stereocenters. The lowest BCUT2D eigenvalue weighted by atomic mass is 10.0. The van der Waals surface area contributed by atoms with Crippen molar-refractivity contribution in [3.63, 3.8) is 0 Å². The van der Waals surface area contributed by atoms with Crippen LogP contribution >= 0.6 is 0 Å². The molecule has 1 unspecified atom stereocenters. The first kappa shape index (κ1) is 24.1. The molecule has 8 nitrogen and oxygen atoms in total. The highest BCUT2D eigenvalue weighted by molar-refractivity contribution is 5.95. The van der Waals surface area contributed by atoms with Crippen LogP contribution in [0.3, 0.4) is 0 Å². The normalized spacial score (nSPS) is 15.5. The van der Waals surface area contributed by atoms with Crippen molar-refractivity contribution in [2.75, 3.05) is 25.6 Å². The first-order valence-corrected chi connectivity index (χ1v) is 10.9. The first-order valence-electron chi connectivity index (χ1n) is 10.9. The van der Waals surface area contributed by atoms with Gasteiger partial charge in [0.15, 0.2) is 0 Å². The molecule has 4 rings (SSSR count). The van der Waals surface area contributed by atoms with E-state index in [9.17, 15) is 18.8 Å². The van der Waals surface area contributed by atoms with Crippen molar-refractivity contribution < 1.29 is 27.4 Å². The van der Waals surface area contributed by atoms with Crippen LogP contribution in [-0.2, 0) is 11.2 Å². The van der Waals surface area contributed by atoms with Crippen molar-refractivity contribution in [3.8, 4) is 23.1 Å². The van der Waals surface area contributed by atoms with Crippen molar-refractivity contribution in [1.82, 2.24) is 9.78 Å². The van der Waals surface area contributed by atoms with Gasteiger partial charge in [-0.15, -0.1) is 0 Å². The van der Waals surface area contributed by atoms with Gasteiger partial charge in [0.1, 0.15) is 46.3 Å². The van der Waals surface area contributed by atoms with Crippen LogP contribution in [-0.4, -0.2) is 35.5 Å². The smallest absolute Gasteiger partial charge is 0.252 e. The minimum Gasteiger partial charge on any atom is -0.492 e. The lowest BCUT2D eigenvalue weighted by Gasteiger charge is -2.23. The molecule has 182 valence electrons. The highest BCUT2D eigenvalue weighted by Crippen LogP contribution is 2.33. The van der Waals surface area contributed by atoms with E-state index in [0.29, 0.717) is 13.2 Å².